The highest BCUT2D eigenvalue weighted by atomic mass is 35.5. The summed E-state index contributed by atoms with van der Waals surface area (Å²) in [5.41, 5.74) is 2.22. The molecule has 2 aromatic rings. The molecule has 0 radical (unpaired) electrons. The molecule has 0 aromatic heterocycles. The van der Waals surface area contributed by atoms with Crippen LogP contribution < -0.4 is 10.6 Å². The Morgan fingerprint density at radius 1 is 1.12 bits per heavy atom. The van der Waals surface area contributed by atoms with Crippen molar-refractivity contribution in [2.45, 2.75) is 25.8 Å². The molecule has 0 bridgehead atoms. The SMILES string of the molecule is C[C@H](NCC(=O)NCCCc1ccccc1)c1ccc(Cl)cc1Cl. The van der Waals surface area contributed by atoms with E-state index >= 15 is 0 Å². The van der Waals surface area contributed by atoms with Gasteiger partial charge in [-0.3, -0.25) is 4.79 Å². The lowest BCUT2D eigenvalue weighted by molar-refractivity contribution is -0.120. The second kappa shape index (κ2) is 9.67. The van der Waals surface area contributed by atoms with Gasteiger partial charge in [0.15, 0.2) is 0 Å². The third-order valence-electron chi connectivity index (χ3n) is 3.81. The molecule has 2 aromatic carbocycles. The Morgan fingerprint density at radius 3 is 2.58 bits per heavy atom. The summed E-state index contributed by atoms with van der Waals surface area (Å²) in [4.78, 5) is 11.9. The van der Waals surface area contributed by atoms with Crippen molar-refractivity contribution in [1.29, 1.82) is 0 Å². The molecule has 5 heteroatoms. The van der Waals surface area contributed by atoms with Gasteiger partial charge in [0.25, 0.3) is 0 Å². The zero-order chi connectivity index (χ0) is 17.4. The third-order valence-corrected chi connectivity index (χ3v) is 4.37. The van der Waals surface area contributed by atoms with Crippen molar-refractivity contribution in [3.8, 4) is 0 Å². The number of rotatable bonds is 8. The lowest BCUT2D eigenvalue weighted by Gasteiger charge is -2.15. The highest BCUT2D eigenvalue weighted by Gasteiger charge is 2.11. The molecule has 0 spiro atoms. The third kappa shape index (κ3) is 6.16. The van der Waals surface area contributed by atoms with Gasteiger partial charge in [-0.25, -0.2) is 0 Å². The molecule has 0 fully saturated rings. The Morgan fingerprint density at radius 2 is 1.88 bits per heavy atom. The Hall–Kier alpha value is -1.55. The van der Waals surface area contributed by atoms with E-state index in [1.165, 1.54) is 5.56 Å². The number of benzene rings is 2. The van der Waals surface area contributed by atoms with E-state index < -0.39 is 0 Å². The van der Waals surface area contributed by atoms with Crippen molar-refractivity contribution in [1.82, 2.24) is 10.6 Å². The van der Waals surface area contributed by atoms with Crippen LogP contribution in [0.5, 0.6) is 0 Å². The maximum absolute atomic E-state index is 11.9. The van der Waals surface area contributed by atoms with Gasteiger partial charge in [-0.2, -0.15) is 0 Å². The summed E-state index contributed by atoms with van der Waals surface area (Å²) < 4.78 is 0. The molecule has 1 atom stereocenters. The fourth-order valence-corrected chi connectivity index (χ4v) is 3.01. The van der Waals surface area contributed by atoms with Gasteiger partial charge in [0.1, 0.15) is 0 Å². The van der Waals surface area contributed by atoms with Gasteiger partial charge in [0.2, 0.25) is 5.91 Å². The predicted molar refractivity (Wildman–Crippen MR) is 101 cm³/mol. The minimum atomic E-state index is -0.0233. The second-order valence-electron chi connectivity index (χ2n) is 5.71. The standard InChI is InChI=1S/C19H22Cl2N2O/c1-14(17-10-9-16(20)12-18(17)21)23-13-19(24)22-11-5-8-15-6-3-2-4-7-15/h2-4,6-7,9-10,12,14,23H,5,8,11,13H2,1H3,(H,22,24)/t14-/m0/s1. The summed E-state index contributed by atoms with van der Waals surface area (Å²) in [7, 11) is 0. The summed E-state index contributed by atoms with van der Waals surface area (Å²) in [5, 5.41) is 7.31. The predicted octanol–water partition coefficient (Wildman–Crippen LogP) is 4.39. The Bertz CT molecular complexity index is 662. The number of nitrogens with one attached hydrogen (secondary N) is 2. The fraction of sp³-hybridized carbons (Fsp3) is 0.316. The lowest BCUT2D eigenvalue weighted by Crippen LogP contribution is -2.35. The summed E-state index contributed by atoms with van der Waals surface area (Å²) in [5.74, 6) is -0.0139. The molecule has 1 amide bonds. The van der Waals surface area contributed by atoms with Crippen LogP contribution in [0.15, 0.2) is 48.5 Å². The molecule has 24 heavy (non-hydrogen) atoms. The average molecular weight is 365 g/mol. The van der Waals surface area contributed by atoms with E-state index in [-0.39, 0.29) is 18.5 Å². The molecular formula is C19H22Cl2N2O. The van der Waals surface area contributed by atoms with Crippen LogP contribution in [0.1, 0.15) is 30.5 Å². The highest BCUT2D eigenvalue weighted by Crippen LogP contribution is 2.25. The van der Waals surface area contributed by atoms with Gasteiger partial charge in [0, 0.05) is 22.6 Å². The topological polar surface area (TPSA) is 41.1 Å². The zero-order valence-corrected chi connectivity index (χ0v) is 15.2. The lowest BCUT2D eigenvalue weighted by atomic mass is 10.1. The van der Waals surface area contributed by atoms with Crippen molar-refractivity contribution in [3.05, 3.63) is 69.7 Å². The summed E-state index contributed by atoms with van der Waals surface area (Å²) in [6.45, 7) is 2.90. The largest absolute Gasteiger partial charge is 0.355 e. The minimum absolute atomic E-state index is 0.0139. The molecule has 3 nitrogen and oxygen atoms in total. The number of hydrogen-bond donors (Lipinski definition) is 2. The van der Waals surface area contributed by atoms with Crippen LogP contribution in [0.4, 0.5) is 0 Å². The molecule has 2 N–H and O–H groups in total. The molecule has 0 unspecified atom stereocenters. The Balaban J connectivity index is 1.67. The number of carbonyl (C=O) groups excluding carboxylic acids is 1. The number of amides is 1. The first-order chi connectivity index (χ1) is 11.6. The number of hydrogen-bond acceptors (Lipinski definition) is 2. The molecule has 0 heterocycles. The van der Waals surface area contributed by atoms with Crippen molar-refractivity contribution >= 4 is 29.1 Å². The summed E-state index contributed by atoms with van der Waals surface area (Å²) in [6.07, 6.45) is 1.89. The van der Waals surface area contributed by atoms with E-state index in [9.17, 15) is 4.79 Å². The first-order valence-electron chi connectivity index (χ1n) is 8.05. The maximum atomic E-state index is 11.9. The Kier molecular flexibility index (Phi) is 7.57. The first-order valence-corrected chi connectivity index (χ1v) is 8.81. The molecule has 0 aliphatic heterocycles. The quantitative estimate of drug-likeness (QED) is 0.681. The van der Waals surface area contributed by atoms with Gasteiger partial charge in [0.05, 0.1) is 6.54 Å². The van der Waals surface area contributed by atoms with Gasteiger partial charge in [-0.15, -0.1) is 0 Å². The van der Waals surface area contributed by atoms with E-state index in [4.69, 9.17) is 23.2 Å². The van der Waals surface area contributed by atoms with Gasteiger partial charge < -0.3 is 10.6 Å². The molecular weight excluding hydrogens is 343 g/mol. The summed E-state index contributed by atoms with van der Waals surface area (Å²) in [6, 6.07) is 15.6. The normalized spacial score (nSPS) is 12.0. The van der Waals surface area contributed by atoms with Crippen LogP contribution in [0, 0.1) is 0 Å². The minimum Gasteiger partial charge on any atom is -0.355 e. The smallest absolute Gasteiger partial charge is 0.233 e. The van der Waals surface area contributed by atoms with Gasteiger partial charge in [-0.05, 0) is 43.0 Å². The molecule has 0 saturated heterocycles. The van der Waals surface area contributed by atoms with E-state index in [0.717, 1.165) is 18.4 Å². The Labute approximate surface area is 153 Å². The van der Waals surface area contributed by atoms with Crippen LogP contribution in [0.2, 0.25) is 10.0 Å². The average Bonchev–Trinajstić information content (AvgIpc) is 2.57. The zero-order valence-electron chi connectivity index (χ0n) is 13.7. The maximum Gasteiger partial charge on any atom is 0.233 e. The van der Waals surface area contributed by atoms with Crippen molar-refractivity contribution in [3.63, 3.8) is 0 Å². The van der Waals surface area contributed by atoms with Crippen molar-refractivity contribution in [2.75, 3.05) is 13.1 Å². The molecule has 128 valence electrons. The molecule has 2 rings (SSSR count). The van der Waals surface area contributed by atoms with Crippen LogP contribution in [0.25, 0.3) is 0 Å². The van der Waals surface area contributed by atoms with Crippen LogP contribution in [-0.2, 0) is 11.2 Å². The van der Waals surface area contributed by atoms with E-state index in [2.05, 4.69) is 22.8 Å². The first kappa shape index (κ1) is 18.8. The molecule has 0 aliphatic carbocycles. The van der Waals surface area contributed by atoms with Crippen molar-refractivity contribution in [2.24, 2.45) is 0 Å². The van der Waals surface area contributed by atoms with Crippen LogP contribution in [-0.4, -0.2) is 19.0 Å². The second-order valence-corrected chi connectivity index (χ2v) is 6.55. The van der Waals surface area contributed by atoms with E-state index in [0.29, 0.717) is 16.6 Å². The number of halogens is 2. The molecule has 0 saturated carbocycles. The summed E-state index contributed by atoms with van der Waals surface area (Å²) >= 11 is 12.1. The number of aryl methyl sites for hydroxylation is 1. The van der Waals surface area contributed by atoms with Crippen molar-refractivity contribution < 1.29 is 4.79 Å². The van der Waals surface area contributed by atoms with E-state index in [1.54, 1.807) is 12.1 Å². The van der Waals surface area contributed by atoms with Crippen LogP contribution in [0.3, 0.4) is 0 Å². The highest BCUT2D eigenvalue weighted by molar-refractivity contribution is 6.35. The van der Waals surface area contributed by atoms with Gasteiger partial charge in [-0.1, -0.05) is 59.6 Å². The number of carbonyl (C=O) groups is 1. The van der Waals surface area contributed by atoms with Crippen LogP contribution >= 0.6 is 23.2 Å². The van der Waals surface area contributed by atoms with E-state index in [1.807, 2.05) is 31.2 Å². The molecule has 0 aliphatic rings. The fourth-order valence-electron chi connectivity index (χ4n) is 2.44. The van der Waals surface area contributed by atoms with Gasteiger partial charge >= 0.3 is 0 Å². The monoisotopic (exact) mass is 364 g/mol.